The van der Waals surface area contributed by atoms with Crippen LogP contribution in [0.15, 0.2) is 107 Å². The number of hydrogen-bond acceptors (Lipinski definition) is 10. The third-order valence-electron chi connectivity index (χ3n) is 10.1. The number of nitrogens with zero attached hydrogens (tertiary/aromatic N) is 7. The maximum Gasteiger partial charge on any atom is 0.258 e. The molecule has 6 heterocycles. The third kappa shape index (κ3) is 8.09. The molecule has 8 rings (SSSR count). The van der Waals surface area contributed by atoms with E-state index in [1.807, 2.05) is 79.1 Å². The molecule has 6 aromatic rings. The van der Waals surface area contributed by atoms with Gasteiger partial charge < -0.3 is 29.5 Å². The first-order valence-electron chi connectivity index (χ1n) is 18.6. The minimum absolute atomic E-state index is 0.0770. The molecule has 1 N–H and O–H groups in total. The van der Waals surface area contributed by atoms with Gasteiger partial charge in [0.2, 0.25) is 0 Å². The van der Waals surface area contributed by atoms with E-state index in [1.54, 1.807) is 35.2 Å². The van der Waals surface area contributed by atoms with E-state index >= 15 is 0 Å². The van der Waals surface area contributed by atoms with Gasteiger partial charge >= 0.3 is 0 Å². The van der Waals surface area contributed by atoms with Crippen LogP contribution in [0.4, 0.5) is 11.4 Å². The smallest absolute Gasteiger partial charge is 0.258 e. The summed E-state index contributed by atoms with van der Waals surface area (Å²) in [4.78, 5) is 41.9. The number of nitrogens with one attached hydrogen (secondary N) is 1. The molecule has 12 heteroatoms. The molecule has 2 atom stereocenters. The Morgan fingerprint density at radius 3 is 1.59 bits per heavy atom. The van der Waals surface area contributed by atoms with Crippen LogP contribution < -0.4 is 35.7 Å². The van der Waals surface area contributed by atoms with Crippen LogP contribution in [-0.2, 0) is 0 Å². The van der Waals surface area contributed by atoms with E-state index in [1.165, 1.54) is 0 Å². The van der Waals surface area contributed by atoms with Crippen molar-refractivity contribution in [3.05, 3.63) is 118 Å². The predicted octanol–water partition coefficient (Wildman–Crippen LogP) is 5.07. The summed E-state index contributed by atoms with van der Waals surface area (Å²) in [6.07, 6.45) is 3.80. The van der Waals surface area contributed by atoms with Crippen LogP contribution in [-0.4, -0.2) is 95.8 Å². The lowest BCUT2D eigenvalue weighted by atomic mass is 10.1. The van der Waals surface area contributed by atoms with Gasteiger partial charge in [0.25, 0.3) is 11.1 Å². The van der Waals surface area contributed by atoms with Crippen molar-refractivity contribution in [1.29, 1.82) is 0 Å². The van der Waals surface area contributed by atoms with Crippen molar-refractivity contribution < 1.29 is 9.47 Å². The van der Waals surface area contributed by atoms with Crippen LogP contribution >= 0.6 is 0 Å². The van der Waals surface area contributed by atoms with Crippen molar-refractivity contribution in [1.82, 2.24) is 29.0 Å². The highest BCUT2D eigenvalue weighted by atomic mass is 16.5. The summed E-state index contributed by atoms with van der Waals surface area (Å²) in [6, 6.07) is 27.1. The zero-order valence-electron chi connectivity index (χ0n) is 31.6. The molecule has 2 aromatic carbocycles. The number of fused-ring (bicyclic) bond motifs is 2. The summed E-state index contributed by atoms with van der Waals surface area (Å²) < 4.78 is 13.8. The van der Waals surface area contributed by atoms with Gasteiger partial charge in [0.05, 0.1) is 37.0 Å². The number of benzene rings is 2. The molecular weight excluding hydrogens is 681 g/mol. The Morgan fingerprint density at radius 1 is 0.648 bits per heavy atom. The Labute approximate surface area is 315 Å². The van der Waals surface area contributed by atoms with E-state index in [0.29, 0.717) is 34.8 Å². The largest absolute Gasteiger partial charge is 0.497 e. The number of piperazine rings is 2. The van der Waals surface area contributed by atoms with Crippen molar-refractivity contribution in [2.75, 3.05) is 69.8 Å². The molecule has 12 nitrogen and oxygen atoms in total. The van der Waals surface area contributed by atoms with Gasteiger partial charge in [0.15, 0.2) is 0 Å². The summed E-state index contributed by atoms with van der Waals surface area (Å²) in [5.41, 5.74) is 6.27. The molecule has 54 heavy (non-hydrogen) atoms. The molecule has 0 unspecified atom stereocenters. The molecule has 0 bridgehead atoms. The van der Waals surface area contributed by atoms with Crippen LogP contribution in [0.25, 0.3) is 33.8 Å². The van der Waals surface area contributed by atoms with Gasteiger partial charge in [0.1, 0.15) is 22.8 Å². The Balaban J connectivity index is 0.000000167. The summed E-state index contributed by atoms with van der Waals surface area (Å²) in [5, 5.41) is 3.53. The number of pyridine rings is 2. The van der Waals surface area contributed by atoms with E-state index in [-0.39, 0.29) is 11.1 Å². The topological polar surface area (TPSA) is 109 Å². The fourth-order valence-corrected chi connectivity index (χ4v) is 7.28. The molecule has 2 saturated heterocycles. The molecule has 4 aromatic heterocycles. The van der Waals surface area contributed by atoms with Crippen molar-refractivity contribution in [3.63, 3.8) is 0 Å². The van der Waals surface area contributed by atoms with Crippen LogP contribution in [0.2, 0.25) is 0 Å². The fourth-order valence-electron chi connectivity index (χ4n) is 7.28. The van der Waals surface area contributed by atoms with E-state index in [9.17, 15) is 9.59 Å². The lowest BCUT2D eigenvalue weighted by Crippen LogP contribution is -2.54. The third-order valence-corrected chi connectivity index (χ3v) is 10.1. The average molecular weight is 729 g/mol. The minimum atomic E-state index is -0.0871. The van der Waals surface area contributed by atoms with Crippen LogP contribution in [0.3, 0.4) is 0 Å². The summed E-state index contributed by atoms with van der Waals surface area (Å²) >= 11 is 0. The average Bonchev–Trinajstić information content (AvgIpc) is 3.20. The van der Waals surface area contributed by atoms with Crippen molar-refractivity contribution in [2.24, 2.45) is 0 Å². The fraction of sp³-hybridized carbons (Fsp3) is 0.333. The van der Waals surface area contributed by atoms with Gasteiger partial charge in [0, 0.05) is 87.0 Å². The van der Waals surface area contributed by atoms with Crippen molar-refractivity contribution in [2.45, 2.75) is 32.9 Å². The Bertz CT molecular complexity index is 2360. The minimum Gasteiger partial charge on any atom is -0.497 e. The second-order valence-electron chi connectivity index (χ2n) is 13.9. The van der Waals surface area contributed by atoms with Crippen molar-refractivity contribution >= 4 is 22.7 Å². The maximum atomic E-state index is 12.8. The number of hydrogen-bond donors (Lipinski definition) is 1. The molecule has 0 aliphatic carbocycles. The van der Waals surface area contributed by atoms with Gasteiger partial charge in [-0.1, -0.05) is 31.2 Å². The first-order chi connectivity index (χ1) is 26.2. The second-order valence-corrected chi connectivity index (χ2v) is 13.9. The first-order valence-corrected chi connectivity index (χ1v) is 18.6. The lowest BCUT2D eigenvalue weighted by Gasteiger charge is -2.37. The van der Waals surface area contributed by atoms with Crippen LogP contribution in [0, 0.1) is 0 Å². The van der Waals surface area contributed by atoms with Gasteiger partial charge in [-0.2, -0.15) is 0 Å². The number of anilines is 2. The molecule has 0 spiro atoms. The highest BCUT2D eigenvalue weighted by Gasteiger charge is 2.22. The molecule has 2 aliphatic rings. The molecule has 280 valence electrons. The van der Waals surface area contributed by atoms with Crippen molar-refractivity contribution in [3.8, 4) is 34.0 Å². The van der Waals surface area contributed by atoms with E-state index in [4.69, 9.17) is 9.47 Å². The molecular formula is C42H48N8O4. The molecule has 2 aliphatic heterocycles. The van der Waals surface area contributed by atoms with Gasteiger partial charge in [-0.05, 0) is 68.9 Å². The van der Waals surface area contributed by atoms with E-state index < -0.39 is 0 Å². The number of methoxy groups -OCH3 is 2. The molecule has 2 fully saturated rings. The van der Waals surface area contributed by atoms with Gasteiger partial charge in [-0.3, -0.25) is 18.4 Å². The molecule has 0 amide bonds. The second kappa shape index (κ2) is 16.1. The quantitative estimate of drug-likeness (QED) is 0.240. The summed E-state index contributed by atoms with van der Waals surface area (Å²) in [6.45, 7) is 13.5. The van der Waals surface area contributed by atoms with Crippen LogP contribution in [0.1, 0.15) is 20.8 Å². The summed E-state index contributed by atoms with van der Waals surface area (Å²) in [5.74, 6) is 1.49. The lowest BCUT2D eigenvalue weighted by molar-refractivity contribution is 0.271. The number of rotatable bonds is 7. The Kier molecular flexibility index (Phi) is 10.9. The summed E-state index contributed by atoms with van der Waals surface area (Å²) in [7, 11) is 3.25. The number of likely N-dealkylation sites (N-methyl/N-ethyl adjacent to an activating group) is 1. The zero-order valence-corrected chi connectivity index (χ0v) is 31.6. The first kappa shape index (κ1) is 36.6. The monoisotopic (exact) mass is 728 g/mol. The van der Waals surface area contributed by atoms with Gasteiger partial charge in [-0.15, -0.1) is 0 Å². The Morgan fingerprint density at radius 2 is 1.13 bits per heavy atom. The maximum absolute atomic E-state index is 12.8. The zero-order chi connectivity index (χ0) is 37.8. The standard InChI is InChI=1S/2C21H24N4O2/c1-14-11-24(12-15(2)22-14)17-7-8-20-23-19(10-21(26)25(20)13-17)16-5-4-6-18(9-16)27-3;1-3-23-9-11-24(12-10-23)17-7-8-20-22-19(14-21(26)25(20)15-17)16-5-4-6-18(13-16)27-2/h4-10,13-15,22H,11-12H2,1-3H3;4-8,13-15H,3,9-12H2,1-2H3/t14-,15+;. The van der Waals surface area contributed by atoms with E-state index in [0.717, 1.165) is 79.8 Å². The highest BCUT2D eigenvalue weighted by molar-refractivity contribution is 5.65. The Hall–Kier alpha value is -5.72. The molecule has 0 saturated carbocycles. The number of ether oxygens (including phenoxy) is 2. The number of aromatic nitrogens is 4. The normalized spacial score (nSPS) is 17.6. The van der Waals surface area contributed by atoms with Crippen LogP contribution in [0.5, 0.6) is 11.5 Å². The SMILES string of the molecule is CCN1CCN(c2ccc3nc(-c4cccc(OC)c4)cc(=O)n3c2)CC1.COc1cccc(-c2cc(=O)n3cc(N4C[C@@H](C)N[C@@H](C)C4)ccc3n2)c1. The predicted molar refractivity (Wildman–Crippen MR) is 215 cm³/mol. The molecule has 0 radical (unpaired) electrons. The van der Waals surface area contributed by atoms with Gasteiger partial charge in [-0.25, -0.2) is 9.97 Å². The highest BCUT2D eigenvalue weighted by Crippen LogP contribution is 2.25. The van der Waals surface area contributed by atoms with E-state index in [2.05, 4.69) is 56.8 Å².